The van der Waals surface area contributed by atoms with Crippen LogP contribution in [-0.4, -0.2) is 49.2 Å². The van der Waals surface area contributed by atoms with Crippen molar-refractivity contribution in [2.24, 2.45) is 0 Å². The van der Waals surface area contributed by atoms with Gasteiger partial charge in [0.25, 0.3) is 0 Å². The van der Waals surface area contributed by atoms with Gasteiger partial charge in [-0.05, 0) is 19.3 Å². The van der Waals surface area contributed by atoms with Crippen LogP contribution in [0.4, 0.5) is 0 Å². The Balaban J connectivity index is 3.55. The summed E-state index contributed by atoms with van der Waals surface area (Å²) < 4.78 is 0.620. The molecule has 0 aliphatic carbocycles. The molecule has 0 heterocycles. The van der Waals surface area contributed by atoms with E-state index in [1.807, 2.05) is 27.2 Å². The van der Waals surface area contributed by atoms with Crippen LogP contribution in [0.2, 0.25) is 0 Å². The fourth-order valence-electron chi connectivity index (χ4n) is 1.91. The minimum absolute atomic E-state index is 0.00542. The summed E-state index contributed by atoms with van der Waals surface area (Å²) in [6.45, 7) is 4.19. The number of allylic oxidation sites excluding steroid dienone is 1. The zero-order valence-corrected chi connectivity index (χ0v) is 12.3. The lowest BCUT2D eigenvalue weighted by atomic mass is 10.0. The summed E-state index contributed by atoms with van der Waals surface area (Å²) in [5.41, 5.74) is 0. The first-order valence-corrected chi connectivity index (χ1v) is 6.99. The molecule has 0 aromatic carbocycles. The van der Waals surface area contributed by atoms with Crippen molar-refractivity contribution in [2.45, 2.75) is 51.0 Å². The lowest BCUT2D eigenvalue weighted by Gasteiger charge is -2.26. The van der Waals surface area contributed by atoms with Gasteiger partial charge in [-0.25, -0.2) is 0 Å². The zero-order valence-electron chi connectivity index (χ0n) is 12.3. The van der Waals surface area contributed by atoms with Crippen molar-refractivity contribution >= 4 is 5.78 Å². The number of quaternary nitrogens is 1. The molecule has 0 rings (SSSR count). The third kappa shape index (κ3) is 10.5. The number of unbranched alkanes of at least 4 members (excludes halogenated alkanes) is 5. The largest absolute Gasteiger partial charge is 0.380 e. The minimum Gasteiger partial charge on any atom is -0.380 e. The summed E-state index contributed by atoms with van der Waals surface area (Å²) in [5, 5.41) is 9.75. The first kappa shape index (κ1) is 17.3. The first-order chi connectivity index (χ1) is 8.37. The number of aliphatic hydroxyl groups is 1. The number of likely N-dealkylation sites (N-methyl/N-ethyl adjacent to an activating group) is 1. The number of nitrogens with zero attached hydrogens (tertiary/aromatic N) is 1. The number of carbonyl (C=O) groups excluding carboxylic acids is 1. The van der Waals surface area contributed by atoms with E-state index in [2.05, 4.69) is 6.58 Å². The standard InChI is InChI=1S/C15H30NO2/c1-5-6-7-8-9-10-11-12-14(17)15(18)13-16(2,3)4/h5,15,18H,1,6-13H2,2-4H3/q+1. The van der Waals surface area contributed by atoms with Gasteiger partial charge in [-0.1, -0.05) is 25.3 Å². The molecule has 1 N–H and O–H groups in total. The normalized spacial score (nSPS) is 13.3. The smallest absolute Gasteiger partial charge is 0.167 e. The Hall–Kier alpha value is -0.670. The number of aliphatic hydroxyl groups excluding tert-OH is 1. The molecule has 0 fully saturated rings. The molecule has 18 heavy (non-hydrogen) atoms. The second-order valence-electron chi connectivity index (χ2n) is 6.05. The molecule has 0 aromatic heterocycles. The molecule has 3 heteroatoms. The van der Waals surface area contributed by atoms with Gasteiger partial charge >= 0.3 is 0 Å². The SMILES string of the molecule is C=CCCCCCCCC(=O)C(O)C[N+](C)(C)C. The van der Waals surface area contributed by atoms with E-state index in [1.165, 1.54) is 19.3 Å². The number of carbonyl (C=O) groups is 1. The van der Waals surface area contributed by atoms with Crippen LogP contribution < -0.4 is 0 Å². The van der Waals surface area contributed by atoms with Gasteiger partial charge in [-0.15, -0.1) is 6.58 Å². The quantitative estimate of drug-likeness (QED) is 0.350. The van der Waals surface area contributed by atoms with Gasteiger partial charge in [0.2, 0.25) is 0 Å². The van der Waals surface area contributed by atoms with Crippen molar-refractivity contribution in [1.82, 2.24) is 0 Å². The molecule has 0 amide bonds. The Kier molecular flexibility index (Phi) is 8.94. The second kappa shape index (κ2) is 9.29. The molecule has 0 saturated heterocycles. The fourth-order valence-corrected chi connectivity index (χ4v) is 1.91. The Labute approximate surface area is 112 Å². The van der Waals surface area contributed by atoms with Crippen LogP contribution in [0.25, 0.3) is 0 Å². The van der Waals surface area contributed by atoms with Crippen LogP contribution in [0.3, 0.4) is 0 Å². The predicted octanol–water partition coefficient (Wildman–Crippen LogP) is 2.54. The minimum atomic E-state index is -0.800. The lowest BCUT2D eigenvalue weighted by molar-refractivity contribution is -0.872. The van der Waals surface area contributed by atoms with Gasteiger partial charge in [0.1, 0.15) is 6.54 Å². The summed E-state index contributed by atoms with van der Waals surface area (Å²) in [7, 11) is 5.95. The van der Waals surface area contributed by atoms with Crippen molar-refractivity contribution in [2.75, 3.05) is 27.7 Å². The maximum atomic E-state index is 11.7. The van der Waals surface area contributed by atoms with E-state index >= 15 is 0 Å². The average molecular weight is 256 g/mol. The highest BCUT2D eigenvalue weighted by atomic mass is 16.3. The van der Waals surface area contributed by atoms with Crippen LogP contribution in [-0.2, 0) is 4.79 Å². The number of Topliss-reactive ketones (excluding diaryl/α,β-unsaturated/α-hetero) is 1. The summed E-state index contributed by atoms with van der Waals surface area (Å²) >= 11 is 0. The van der Waals surface area contributed by atoms with Crippen molar-refractivity contribution in [3.63, 3.8) is 0 Å². The molecule has 0 aliphatic heterocycles. The molecule has 1 atom stereocenters. The van der Waals surface area contributed by atoms with Gasteiger partial charge in [0.15, 0.2) is 11.9 Å². The maximum absolute atomic E-state index is 11.7. The van der Waals surface area contributed by atoms with E-state index in [0.29, 0.717) is 17.4 Å². The molecule has 0 aliphatic rings. The highest BCUT2D eigenvalue weighted by Gasteiger charge is 2.21. The zero-order chi connectivity index (χ0) is 14.0. The maximum Gasteiger partial charge on any atom is 0.167 e. The summed E-state index contributed by atoms with van der Waals surface area (Å²) in [5.74, 6) is -0.00542. The Morgan fingerprint density at radius 2 is 1.72 bits per heavy atom. The predicted molar refractivity (Wildman–Crippen MR) is 76.4 cm³/mol. The Morgan fingerprint density at radius 1 is 1.17 bits per heavy atom. The van der Waals surface area contributed by atoms with E-state index in [0.717, 1.165) is 19.3 Å². The second-order valence-corrected chi connectivity index (χ2v) is 6.05. The van der Waals surface area contributed by atoms with Crippen LogP contribution in [0.5, 0.6) is 0 Å². The highest BCUT2D eigenvalue weighted by molar-refractivity contribution is 5.82. The summed E-state index contributed by atoms with van der Waals surface area (Å²) in [6.07, 6.45) is 8.32. The monoisotopic (exact) mass is 256 g/mol. The summed E-state index contributed by atoms with van der Waals surface area (Å²) in [4.78, 5) is 11.7. The van der Waals surface area contributed by atoms with Crippen LogP contribution in [0.15, 0.2) is 12.7 Å². The van der Waals surface area contributed by atoms with Crippen molar-refractivity contribution in [3.8, 4) is 0 Å². The fraction of sp³-hybridized carbons (Fsp3) is 0.800. The summed E-state index contributed by atoms with van der Waals surface area (Å²) in [6, 6.07) is 0. The number of hydrogen-bond acceptors (Lipinski definition) is 2. The molecule has 0 bridgehead atoms. The van der Waals surface area contributed by atoms with Gasteiger partial charge in [0.05, 0.1) is 21.1 Å². The van der Waals surface area contributed by atoms with Gasteiger partial charge in [-0.3, -0.25) is 4.79 Å². The van der Waals surface area contributed by atoms with Crippen molar-refractivity contribution in [3.05, 3.63) is 12.7 Å². The average Bonchev–Trinajstić information content (AvgIpc) is 2.25. The lowest BCUT2D eigenvalue weighted by Crippen LogP contribution is -2.44. The third-order valence-electron chi connectivity index (χ3n) is 2.92. The highest BCUT2D eigenvalue weighted by Crippen LogP contribution is 2.09. The molecule has 1 unspecified atom stereocenters. The molecule has 3 nitrogen and oxygen atoms in total. The molecular formula is C15H30NO2+. The third-order valence-corrected chi connectivity index (χ3v) is 2.92. The number of ketones is 1. The molecular weight excluding hydrogens is 226 g/mol. The van der Waals surface area contributed by atoms with Crippen LogP contribution in [0, 0.1) is 0 Å². The van der Waals surface area contributed by atoms with E-state index in [4.69, 9.17) is 0 Å². The Morgan fingerprint density at radius 3 is 2.28 bits per heavy atom. The van der Waals surface area contributed by atoms with Crippen LogP contribution >= 0.6 is 0 Å². The van der Waals surface area contributed by atoms with Gasteiger partial charge < -0.3 is 9.59 Å². The topological polar surface area (TPSA) is 37.3 Å². The molecule has 0 aromatic rings. The molecule has 106 valence electrons. The van der Waals surface area contributed by atoms with Crippen molar-refractivity contribution in [1.29, 1.82) is 0 Å². The Bertz CT molecular complexity index is 243. The molecule has 0 spiro atoms. The van der Waals surface area contributed by atoms with E-state index in [9.17, 15) is 9.90 Å². The van der Waals surface area contributed by atoms with Crippen molar-refractivity contribution < 1.29 is 14.4 Å². The number of rotatable bonds is 11. The van der Waals surface area contributed by atoms with E-state index in [-0.39, 0.29) is 5.78 Å². The van der Waals surface area contributed by atoms with Gasteiger partial charge in [0, 0.05) is 6.42 Å². The number of hydrogen-bond donors (Lipinski definition) is 1. The van der Waals surface area contributed by atoms with Gasteiger partial charge in [-0.2, -0.15) is 0 Å². The first-order valence-electron chi connectivity index (χ1n) is 6.99. The molecule has 0 saturated carbocycles. The van der Waals surface area contributed by atoms with E-state index in [1.54, 1.807) is 0 Å². The van der Waals surface area contributed by atoms with E-state index < -0.39 is 6.10 Å². The van der Waals surface area contributed by atoms with Crippen LogP contribution in [0.1, 0.15) is 44.9 Å². The molecule has 0 radical (unpaired) electrons.